The molecule has 17 nitrogen and oxygen atoms in total. The van der Waals surface area contributed by atoms with E-state index in [0.717, 1.165) is 135 Å². The smallest absolute Gasteiger partial charge is 0.462 e. The molecule has 3 N–H and O–H groups in total. The van der Waals surface area contributed by atoms with Crippen molar-refractivity contribution >= 4 is 39.5 Å². The molecular weight excluding hydrogens is 1230 g/mol. The summed E-state index contributed by atoms with van der Waals surface area (Å²) in [5.74, 6) is -2.14. The van der Waals surface area contributed by atoms with Crippen LogP contribution in [0.1, 0.15) is 362 Å². The van der Waals surface area contributed by atoms with Gasteiger partial charge in [-0.2, -0.15) is 0 Å². The Bertz CT molecular complexity index is 1930. The molecular formula is C75H140O17P2. The van der Waals surface area contributed by atoms with E-state index in [1.807, 2.05) is 0 Å². The molecule has 0 heterocycles. The maximum Gasteiger partial charge on any atom is 0.472 e. The van der Waals surface area contributed by atoms with E-state index in [9.17, 15) is 43.2 Å². The molecule has 94 heavy (non-hydrogen) atoms. The van der Waals surface area contributed by atoms with Gasteiger partial charge in [0.15, 0.2) is 12.2 Å². The molecule has 0 saturated heterocycles. The van der Waals surface area contributed by atoms with E-state index in [0.29, 0.717) is 25.7 Å². The van der Waals surface area contributed by atoms with Crippen molar-refractivity contribution < 1.29 is 80.2 Å². The number of carbonyl (C=O) groups excluding carboxylic acids is 4. The predicted molar refractivity (Wildman–Crippen MR) is 381 cm³/mol. The van der Waals surface area contributed by atoms with Gasteiger partial charge in [-0.05, 0) is 57.8 Å². The van der Waals surface area contributed by atoms with Crippen LogP contribution in [0.4, 0.5) is 0 Å². The van der Waals surface area contributed by atoms with E-state index in [2.05, 4.69) is 64.2 Å². The molecule has 0 aromatic carbocycles. The fourth-order valence-electron chi connectivity index (χ4n) is 10.8. The molecule has 0 amide bonds. The maximum absolute atomic E-state index is 13.1. The van der Waals surface area contributed by atoms with Crippen LogP contribution in [0, 0.1) is 0 Å². The molecule has 0 bridgehead atoms. The Labute approximate surface area is 573 Å². The molecule has 0 aliphatic heterocycles. The largest absolute Gasteiger partial charge is 0.472 e. The van der Waals surface area contributed by atoms with Crippen LogP contribution in [0.25, 0.3) is 0 Å². The van der Waals surface area contributed by atoms with Gasteiger partial charge >= 0.3 is 39.5 Å². The SMILES string of the molecule is CC/C=C\C/C=C\C/C=C\CCCCCCCCCC(=O)OCC(COP(=O)(O)OCC(O)COP(=O)(O)OCC(COC(=O)CCCCCCCCCCCCC)OC(=O)CCCCCCCCCCCCC)OC(=O)CCCCCCCCCCCCCCCCC. The first-order valence-electron chi connectivity index (χ1n) is 38.2. The fraction of sp³-hybridized carbons (Fsp3) is 0.867. The molecule has 5 unspecified atom stereocenters. The summed E-state index contributed by atoms with van der Waals surface area (Å²) in [7, 11) is -9.92. The second kappa shape index (κ2) is 68.8. The van der Waals surface area contributed by atoms with Gasteiger partial charge in [-0.25, -0.2) is 9.13 Å². The van der Waals surface area contributed by atoms with Crippen LogP contribution in [-0.4, -0.2) is 96.7 Å². The van der Waals surface area contributed by atoms with Crippen LogP contribution in [0.15, 0.2) is 36.5 Å². The summed E-state index contributed by atoms with van der Waals surface area (Å²) < 4.78 is 68.4. The van der Waals surface area contributed by atoms with Crippen molar-refractivity contribution in [2.75, 3.05) is 39.6 Å². The summed E-state index contributed by atoms with van der Waals surface area (Å²) in [5.41, 5.74) is 0. The highest BCUT2D eigenvalue weighted by Crippen LogP contribution is 2.45. The van der Waals surface area contributed by atoms with Crippen molar-refractivity contribution in [1.29, 1.82) is 0 Å². The number of rotatable bonds is 73. The number of hydrogen-bond donors (Lipinski definition) is 3. The molecule has 0 spiro atoms. The number of phosphoric ester groups is 2. The number of esters is 4. The highest BCUT2D eigenvalue weighted by atomic mass is 31.2. The average Bonchev–Trinajstić information content (AvgIpc) is 1.29. The summed E-state index contributed by atoms with van der Waals surface area (Å²) in [6.45, 7) is 4.82. The normalized spacial score (nSPS) is 14.2. The van der Waals surface area contributed by atoms with E-state index in [4.69, 9.17) is 37.0 Å². The molecule has 0 rings (SSSR count). The zero-order valence-corrected chi connectivity index (χ0v) is 61.9. The van der Waals surface area contributed by atoms with Crippen molar-refractivity contribution in [1.82, 2.24) is 0 Å². The number of phosphoric acid groups is 2. The Balaban J connectivity index is 5.27. The zero-order chi connectivity index (χ0) is 69.0. The van der Waals surface area contributed by atoms with E-state index < -0.39 is 97.5 Å². The van der Waals surface area contributed by atoms with Crippen molar-refractivity contribution in [3.63, 3.8) is 0 Å². The maximum atomic E-state index is 13.1. The van der Waals surface area contributed by atoms with Gasteiger partial charge in [0.1, 0.15) is 19.3 Å². The second-order valence-corrected chi connectivity index (χ2v) is 28.8. The number of allylic oxidation sites excluding steroid dienone is 6. The van der Waals surface area contributed by atoms with E-state index in [1.54, 1.807) is 0 Å². The molecule has 0 fully saturated rings. The van der Waals surface area contributed by atoms with Gasteiger partial charge in [-0.3, -0.25) is 37.3 Å². The molecule has 0 aliphatic rings. The first-order valence-corrected chi connectivity index (χ1v) is 41.2. The van der Waals surface area contributed by atoms with Gasteiger partial charge in [-0.15, -0.1) is 0 Å². The summed E-state index contributed by atoms with van der Waals surface area (Å²) >= 11 is 0. The molecule has 0 aromatic heterocycles. The second-order valence-electron chi connectivity index (χ2n) is 25.9. The van der Waals surface area contributed by atoms with Gasteiger partial charge < -0.3 is 33.8 Å². The fourth-order valence-corrected chi connectivity index (χ4v) is 12.4. The van der Waals surface area contributed by atoms with Crippen LogP contribution in [0.2, 0.25) is 0 Å². The highest BCUT2D eigenvalue weighted by molar-refractivity contribution is 7.47. The number of hydrogen-bond acceptors (Lipinski definition) is 15. The summed E-state index contributed by atoms with van der Waals surface area (Å²) in [6.07, 6.45) is 62.8. The Hall–Kier alpha value is -2.72. The lowest BCUT2D eigenvalue weighted by Gasteiger charge is -2.21. The Morgan fingerprint density at radius 3 is 0.851 bits per heavy atom. The predicted octanol–water partition coefficient (Wildman–Crippen LogP) is 21.6. The summed E-state index contributed by atoms with van der Waals surface area (Å²) in [5, 5.41) is 10.6. The summed E-state index contributed by atoms with van der Waals surface area (Å²) in [6, 6.07) is 0. The van der Waals surface area contributed by atoms with Gasteiger partial charge in [-0.1, -0.05) is 315 Å². The lowest BCUT2D eigenvalue weighted by atomic mass is 10.0. The number of aliphatic hydroxyl groups excluding tert-OH is 1. The standard InChI is InChI=1S/C75H140O17P2/c1-5-9-13-17-21-25-29-31-33-34-36-37-41-44-48-52-56-60-73(78)86-66-71(92-75(80)62-58-54-50-46-42-38-35-32-30-26-22-18-14-10-6-2)68-90-94(83,84)88-64-69(76)63-87-93(81,82)89-67-70(91-74(79)61-57-53-49-45-40-28-24-20-16-12-8-4)65-85-72(77)59-55-51-47-43-39-27-23-19-15-11-7-3/h9,13,21,25,31,33,69-71,76H,5-8,10-12,14-20,22-24,26-30,32,34-68H2,1-4H3,(H,81,82)(H,83,84)/b13-9-,25-21-,33-31-. The molecule has 0 aliphatic carbocycles. The third-order valence-corrected chi connectivity index (χ3v) is 18.6. The topological polar surface area (TPSA) is 237 Å². The van der Waals surface area contributed by atoms with Crippen LogP contribution in [0.3, 0.4) is 0 Å². The van der Waals surface area contributed by atoms with E-state index >= 15 is 0 Å². The number of aliphatic hydroxyl groups is 1. The Morgan fingerprint density at radius 2 is 0.553 bits per heavy atom. The summed E-state index contributed by atoms with van der Waals surface area (Å²) in [4.78, 5) is 72.7. The molecule has 0 aromatic rings. The number of carbonyl (C=O) groups is 4. The first-order chi connectivity index (χ1) is 45.7. The Morgan fingerprint density at radius 1 is 0.309 bits per heavy atom. The van der Waals surface area contributed by atoms with Crippen molar-refractivity contribution in [3.05, 3.63) is 36.5 Å². The zero-order valence-electron chi connectivity index (χ0n) is 60.2. The van der Waals surface area contributed by atoms with Crippen molar-refractivity contribution in [3.8, 4) is 0 Å². The van der Waals surface area contributed by atoms with Gasteiger partial charge in [0, 0.05) is 25.7 Å². The monoisotopic (exact) mass is 1370 g/mol. The van der Waals surface area contributed by atoms with E-state index in [1.165, 1.54) is 148 Å². The van der Waals surface area contributed by atoms with Gasteiger partial charge in [0.05, 0.1) is 26.4 Å². The van der Waals surface area contributed by atoms with Crippen LogP contribution in [0.5, 0.6) is 0 Å². The molecule has 0 radical (unpaired) electrons. The minimum absolute atomic E-state index is 0.102. The molecule has 5 atom stereocenters. The lowest BCUT2D eigenvalue weighted by molar-refractivity contribution is -0.161. The molecule has 552 valence electrons. The molecule has 0 saturated carbocycles. The van der Waals surface area contributed by atoms with Gasteiger partial charge in [0.2, 0.25) is 0 Å². The Kier molecular flexibility index (Phi) is 66.8. The molecule has 19 heteroatoms. The third kappa shape index (κ3) is 67.8. The first kappa shape index (κ1) is 91.3. The van der Waals surface area contributed by atoms with Crippen LogP contribution < -0.4 is 0 Å². The van der Waals surface area contributed by atoms with Crippen molar-refractivity contribution in [2.45, 2.75) is 380 Å². The number of ether oxygens (including phenoxy) is 4. The van der Waals surface area contributed by atoms with E-state index in [-0.39, 0.29) is 25.7 Å². The average molecular weight is 1380 g/mol. The van der Waals surface area contributed by atoms with Crippen LogP contribution >= 0.6 is 15.6 Å². The highest BCUT2D eigenvalue weighted by Gasteiger charge is 2.30. The minimum Gasteiger partial charge on any atom is -0.462 e. The van der Waals surface area contributed by atoms with Crippen molar-refractivity contribution in [2.24, 2.45) is 0 Å². The third-order valence-electron chi connectivity index (χ3n) is 16.6. The lowest BCUT2D eigenvalue weighted by Crippen LogP contribution is -2.30. The minimum atomic E-state index is -4.96. The van der Waals surface area contributed by atoms with Gasteiger partial charge in [0.25, 0.3) is 0 Å². The number of unbranched alkanes of at least 4 members (excludes halogenated alkanes) is 41. The quantitative estimate of drug-likeness (QED) is 0.0169. The van der Waals surface area contributed by atoms with Crippen LogP contribution in [-0.2, 0) is 65.4 Å².